The minimum atomic E-state index is -1.01. The standard InChI is InChI=1S/C15H18ClN3O5/c1-23-11-2-3-14(12(16)5-11)24-8-9-4-13(19-18-9)15(22)17-6-10(21)7-20/h2-5,10,20-21H,6-8H2,1H3,(H,17,22)(H,18,19)/t10-/m1/s1. The van der Waals surface area contributed by atoms with E-state index in [1.54, 1.807) is 25.3 Å². The van der Waals surface area contributed by atoms with Gasteiger partial charge in [0.2, 0.25) is 0 Å². The number of hydrogen-bond donors (Lipinski definition) is 4. The van der Waals surface area contributed by atoms with Gasteiger partial charge in [-0.1, -0.05) is 11.6 Å². The number of amides is 1. The zero-order valence-corrected chi connectivity index (χ0v) is 13.7. The molecule has 1 atom stereocenters. The van der Waals surface area contributed by atoms with Crippen LogP contribution in [0.2, 0.25) is 5.02 Å². The number of benzene rings is 1. The van der Waals surface area contributed by atoms with Crippen molar-refractivity contribution in [1.29, 1.82) is 0 Å². The van der Waals surface area contributed by atoms with Crippen molar-refractivity contribution in [2.75, 3.05) is 20.3 Å². The van der Waals surface area contributed by atoms with Crippen molar-refractivity contribution in [3.05, 3.63) is 40.7 Å². The van der Waals surface area contributed by atoms with Gasteiger partial charge in [-0.3, -0.25) is 9.89 Å². The third kappa shape index (κ3) is 4.85. The molecule has 0 fully saturated rings. The van der Waals surface area contributed by atoms with Crippen LogP contribution >= 0.6 is 11.6 Å². The Morgan fingerprint density at radius 1 is 1.46 bits per heavy atom. The second-order valence-electron chi connectivity index (χ2n) is 4.91. The van der Waals surface area contributed by atoms with E-state index in [1.165, 1.54) is 6.07 Å². The molecule has 2 aromatic rings. The number of nitrogens with one attached hydrogen (secondary N) is 2. The Bertz CT molecular complexity index is 691. The normalized spacial score (nSPS) is 11.8. The van der Waals surface area contributed by atoms with Gasteiger partial charge < -0.3 is 25.0 Å². The van der Waals surface area contributed by atoms with Crippen molar-refractivity contribution in [3.8, 4) is 11.5 Å². The minimum Gasteiger partial charge on any atom is -0.497 e. The lowest BCUT2D eigenvalue weighted by atomic mass is 10.3. The molecule has 0 aliphatic rings. The van der Waals surface area contributed by atoms with Gasteiger partial charge in [-0.15, -0.1) is 0 Å². The average Bonchev–Trinajstić information content (AvgIpc) is 3.07. The predicted octanol–water partition coefficient (Wildman–Crippen LogP) is 0.734. The first-order valence-electron chi connectivity index (χ1n) is 7.11. The number of H-pyrrole nitrogens is 1. The highest BCUT2D eigenvalue weighted by Crippen LogP contribution is 2.29. The van der Waals surface area contributed by atoms with Crippen molar-refractivity contribution >= 4 is 17.5 Å². The third-order valence-corrected chi connectivity index (χ3v) is 3.39. The molecule has 4 N–H and O–H groups in total. The molecule has 0 radical (unpaired) electrons. The van der Waals surface area contributed by atoms with Crippen molar-refractivity contribution < 1.29 is 24.5 Å². The zero-order valence-electron chi connectivity index (χ0n) is 13.0. The molecule has 1 aromatic heterocycles. The predicted molar refractivity (Wildman–Crippen MR) is 86.3 cm³/mol. The van der Waals surface area contributed by atoms with E-state index >= 15 is 0 Å². The first kappa shape index (κ1) is 18.1. The van der Waals surface area contributed by atoms with Crippen LogP contribution in [0.4, 0.5) is 0 Å². The topological polar surface area (TPSA) is 117 Å². The molecule has 0 saturated heterocycles. The van der Waals surface area contributed by atoms with Gasteiger partial charge in [0.05, 0.1) is 30.5 Å². The fourth-order valence-electron chi connectivity index (χ4n) is 1.80. The number of carbonyl (C=O) groups excluding carboxylic acids is 1. The number of nitrogens with zero attached hydrogens (tertiary/aromatic N) is 1. The molecule has 1 heterocycles. The molecule has 0 bridgehead atoms. The van der Waals surface area contributed by atoms with Crippen molar-refractivity contribution in [2.24, 2.45) is 0 Å². The van der Waals surface area contributed by atoms with Crippen LogP contribution in [-0.4, -0.2) is 52.7 Å². The highest BCUT2D eigenvalue weighted by molar-refractivity contribution is 6.32. The lowest BCUT2D eigenvalue weighted by Crippen LogP contribution is -2.34. The van der Waals surface area contributed by atoms with Crippen LogP contribution in [0.15, 0.2) is 24.3 Å². The second-order valence-corrected chi connectivity index (χ2v) is 5.32. The largest absolute Gasteiger partial charge is 0.497 e. The van der Waals surface area contributed by atoms with Crippen molar-refractivity contribution in [3.63, 3.8) is 0 Å². The maximum Gasteiger partial charge on any atom is 0.271 e. The molecule has 9 heteroatoms. The number of aromatic nitrogens is 2. The van der Waals surface area contributed by atoms with E-state index in [1.807, 2.05) is 0 Å². The molecule has 0 aliphatic carbocycles. The summed E-state index contributed by atoms with van der Waals surface area (Å²) in [6.45, 7) is -0.344. The van der Waals surface area contributed by atoms with Crippen LogP contribution in [0.1, 0.15) is 16.2 Å². The number of aromatic amines is 1. The van der Waals surface area contributed by atoms with E-state index in [2.05, 4.69) is 15.5 Å². The second kappa shape index (κ2) is 8.53. The number of halogens is 1. The van der Waals surface area contributed by atoms with Gasteiger partial charge in [0.1, 0.15) is 23.8 Å². The average molecular weight is 356 g/mol. The van der Waals surface area contributed by atoms with Gasteiger partial charge in [0, 0.05) is 12.6 Å². The molecule has 2 rings (SSSR count). The van der Waals surface area contributed by atoms with Gasteiger partial charge in [-0.25, -0.2) is 0 Å². The van der Waals surface area contributed by atoms with Gasteiger partial charge in [0.15, 0.2) is 0 Å². The van der Waals surface area contributed by atoms with E-state index in [4.69, 9.17) is 26.2 Å². The molecule has 0 saturated carbocycles. The first-order valence-corrected chi connectivity index (χ1v) is 7.49. The summed E-state index contributed by atoms with van der Waals surface area (Å²) in [5, 5.41) is 27.3. The summed E-state index contributed by atoms with van der Waals surface area (Å²) in [4.78, 5) is 11.8. The highest BCUT2D eigenvalue weighted by atomic mass is 35.5. The molecular formula is C15H18ClN3O5. The van der Waals surface area contributed by atoms with Gasteiger partial charge in [0.25, 0.3) is 5.91 Å². The van der Waals surface area contributed by atoms with Gasteiger partial charge in [-0.05, 0) is 18.2 Å². The summed E-state index contributed by atoms with van der Waals surface area (Å²) < 4.78 is 10.6. The number of aliphatic hydroxyl groups is 2. The highest BCUT2D eigenvalue weighted by Gasteiger charge is 2.12. The maximum atomic E-state index is 11.8. The maximum absolute atomic E-state index is 11.8. The molecular weight excluding hydrogens is 338 g/mol. The minimum absolute atomic E-state index is 0.0600. The fraction of sp³-hybridized carbons (Fsp3) is 0.333. The van der Waals surface area contributed by atoms with E-state index in [0.29, 0.717) is 22.2 Å². The van der Waals surface area contributed by atoms with Gasteiger partial charge in [-0.2, -0.15) is 5.10 Å². The molecule has 0 unspecified atom stereocenters. The summed E-state index contributed by atoms with van der Waals surface area (Å²) in [5.74, 6) is 0.634. The summed E-state index contributed by atoms with van der Waals surface area (Å²) in [5.41, 5.74) is 0.731. The quantitative estimate of drug-likeness (QED) is 0.554. The van der Waals surface area contributed by atoms with E-state index < -0.39 is 18.6 Å². The Hall–Kier alpha value is -2.29. The number of rotatable bonds is 8. The monoisotopic (exact) mass is 355 g/mol. The van der Waals surface area contributed by atoms with E-state index in [0.717, 1.165) is 0 Å². The van der Waals surface area contributed by atoms with Crippen LogP contribution in [-0.2, 0) is 6.61 Å². The summed E-state index contributed by atoms with van der Waals surface area (Å²) in [6.07, 6.45) is -1.01. The molecule has 0 spiro atoms. The third-order valence-electron chi connectivity index (χ3n) is 3.09. The lowest BCUT2D eigenvalue weighted by molar-refractivity contribution is 0.0798. The van der Waals surface area contributed by atoms with Crippen LogP contribution in [0.25, 0.3) is 0 Å². The number of aliphatic hydroxyl groups excluding tert-OH is 2. The van der Waals surface area contributed by atoms with Gasteiger partial charge >= 0.3 is 0 Å². The van der Waals surface area contributed by atoms with E-state index in [-0.39, 0.29) is 18.8 Å². The number of carbonyl (C=O) groups is 1. The molecule has 130 valence electrons. The van der Waals surface area contributed by atoms with Crippen molar-refractivity contribution in [2.45, 2.75) is 12.7 Å². The summed E-state index contributed by atoms with van der Waals surface area (Å²) in [6, 6.07) is 6.56. The zero-order chi connectivity index (χ0) is 17.5. The Balaban J connectivity index is 1.90. The lowest BCUT2D eigenvalue weighted by Gasteiger charge is -2.08. The van der Waals surface area contributed by atoms with Crippen molar-refractivity contribution in [1.82, 2.24) is 15.5 Å². The molecule has 0 aliphatic heterocycles. The molecule has 1 aromatic carbocycles. The Morgan fingerprint density at radius 2 is 2.25 bits per heavy atom. The number of methoxy groups -OCH3 is 1. The van der Waals surface area contributed by atoms with Crippen LogP contribution < -0.4 is 14.8 Å². The Kier molecular flexibility index (Phi) is 6.42. The molecule has 1 amide bonds. The number of hydrogen-bond acceptors (Lipinski definition) is 6. The molecule has 24 heavy (non-hydrogen) atoms. The van der Waals surface area contributed by atoms with Crippen LogP contribution in [0.3, 0.4) is 0 Å². The van der Waals surface area contributed by atoms with Crippen LogP contribution in [0.5, 0.6) is 11.5 Å². The van der Waals surface area contributed by atoms with E-state index in [9.17, 15) is 9.90 Å². The summed E-state index contributed by atoms with van der Waals surface area (Å²) in [7, 11) is 1.54. The smallest absolute Gasteiger partial charge is 0.271 e. The van der Waals surface area contributed by atoms with Crippen LogP contribution in [0, 0.1) is 0 Å². The first-order chi connectivity index (χ1) is 11.5. The number of ether oxygens (including phenoxy) is 2. The SMILES string of the molecule is COc1ccc(OCc2cc(C(=O)NC[C@@H](O)CO)n[nH]2)c(Cl)c1. The molecule has 8 nitrogen and oxygen atoms in total. The Labute approximate surface area is 143 Å². The fourth-order valence-corrected chi connectivity index (χ4v) is 2.02. The Morgan fingerprint density at radius 3 is 2.92 bits per heavy atom. The summed E-state index contributed by atoms with van der Waals surface area (Å²) >= 11 is 6.08.